The van der Waals surface area contributed by atoms with Crippen molar-refractivity contribution in [2.45, 2.75) is 24.7 Å². The molecule has 0 amide bonds. The van der Waals surface area contributed by atoms with E-state index in [9.17, 15) is 8.78 Å². The van der Waals surface area contributed by atoms with Gasteiger partial charge in [-0.25, -0.2) is 8.78 Å². The fourth-order valence-electron chi connectivity index (χ4n) is 1.44. The van der Waals surface area contributed by atoms with Crippen LogP contribution in [0.5, 0.6) is 0 Å². The minimum absolute atomic E-state index is 0.473. The highest BCUT2D eigenvalue weighted by Gasteiger charge is 2.09. The van der Waals surface area contributed by atoms with Crippen molar-refractivity contribution in [2.24, 2.45) is 5.92 Å². The summed E-state index contributed by atoms with van der Waals surface area (Å²) in [6.07, 6.45) is 2.21. The topological polar surface area (TPSA) is 0 Å². The fraction of sp³-hybridized carbons (Fsp3) is 0.500. The number of thiol groups is 1. The molecule has 1 rings (SSSR count). The molecule has 1 aromatic rings. The Kier molecular flexibility index (Phi) is 6.21. The second-order valence-electron chi connectivity index (χ2n) is 3.72. The maximum absolute atomic E-state index is 13.3. The van der Waals surface area contributed by atoms with Gasteiger partial charge in [-0.1, -0.05) is 13.3 Å². The molecule has 0 saturated carbocycles. The zero-order valence-corrected chi connectivity index (χ0v) is 11.0. The van der Waals surface area contributed by atoms with Gasteiger partial charge in [-0.2, -0.15) is 12.6 Å². The zero-order valence-electron chi connectivity index (χ0n) is 9.25. The molecule has 16 heavy (non-hydrogen) atoms. The van der Waals surface area contributed by atoms with E-state index in [0.717, 1.165) is 30.4 Å². The Morgan fingerprint density at radius 1 is 1.38 bits per heavy atom. The third-order valence-electron chi connectivity index (χ3n) is 2.32. The van der Waals surface area contributed by atoms with Gasteiger partial charge < -0.3 is 0 Å². The highest BCUT2D eigenvalue weighted by molar-refractivity contribution is 7.99. The van der Waals surface area contributed by atoms with E-state index in [0.29, 0.717) is 10.8 Å². The van der Waals surface area contributed by atoms with Gasteiger partial charge in [-0.15, -0.1) is 11.8 Å². The minimum Gasteiger partial charge on any atom is -0.207 e. The molecule has 0 bridgehead atoms. The Labute approximate surface area is 105 Å². The van der Waals surface area contributed by atoms with E-state index in [1.165, 1.54) is 23.9 Å². The van der Waals surface area contributed by atoms with E-state index in [-0.39, 0.29) is 0 Å². The number of thioether (sulfide) groups is 1. The molecule has 0 aromatic heterocycles. The summed E-state index contributed by atoms with van der Waals surface area (Å²) in [6, 6.07) is 3.72. The first-order chi connectivity index (χ1) is 7.67. The molecule has 0 radical (unpaired) electrons. The second kappa shape index (κ2) is 7.17. The van der Waals surface area contributed by atoms with E-state index in [2.05, 4.69) is 19.6 Å². The monoisotopic (exact) mass is 262 g/mol. The van der Waals surface area contributed by atoms with Crippen LogP contribution < -0.4 is 0 Å². The predicted octanol–water partition coefficient (Wildman–Crippen LogP) is 4.40. The maximum Gasteiger partial charge on any atom is 0.139 e. The summed E-state index contributed by atoms with van der Waals surface area (Å²) in [6.45, 7) is 2.12. The largest absolute Gasteiger partial charge is 0.207 e. The van der Waals surface area contributed by atoms with Gasteiger partial charge in [0.25, 0.3) is 0 Å². The van der Waals surface area contributed by atoms with Crippen LogP contribution in [0.3, 0.4) is 0 Å². The third-order valence-corrected chi connectivity index (χ3v) is 4.12. The third kappa shape index (κ3) is 4.34. The van der Waals surface area contributed by atoms with E-state index in [4.69, 9.17) is 0 Å². The first kappa shape index (κ1) is 13.8. The highest BCUT2D eigenvalue weighted by atomic mass is 32.2. The van der Waals surface area contributed by atoms with Gasteiger partial charge in [-0.3, -0.25) is 0 Å². The number of hydrogen-bond donors (Lipinski definition) is 1. The molecule has 1 atom stereocenters. The fourth-order valence-corrected chi connectivity index (χ4v) is 2.98. The zero-order chi connectivity index (χ0) is 12.0. The molecule has 0 saturated heterocycles. The van der Waals surface area contributed by atoms with E-state index in [1.807, 2.05) is 0 Å². The lowest BCUT2D eigenvalue weighted by molar-refractivity contribution is 0.564. The highest BCUT2D eigenvalue weighted by Crippen LogP contribution is 2.26. The summed E-state index contributed by atoms with van der Waals surface area (Å²) in [4.78, 5) is 0.518. The van der Waals surface area contributed by atoms with Crippen LogP contribution in [0.25, 0.3) is 0 Å². The Morgan fingerprint density at radius 2 is 2.12 bits per heavy atom. The molecular formula is C12H16F2S2. The van der Waals surface area contributed by atoms with Crippen LogP contribution in [0.4, 0.5) is 8.78 Å². The Bertz CT molecular complexity index is 329. The molecule has 0 fully saturated rings. The minimum atomic E-state index is -0.527. The molecule has 1 aromatic carbocycles. The van der Waals surface area contributed by atoms with Crippen LogP contribution in [0.1, 0.15) is 19.8 Å². The van der Waals surface area contributed by atoms with Crippen molar-refractivity contribution in [1.82, 2.24) is 0 Å². The Morgan fingerprint density at radius 3 is 2.69 bits per heavy atom. The summed E-state index contributed by atoms with van der Waals surface area (Å²) in [5.74, 6) is 1.13. The Hall–Kier alpha value is -0.220. The lowest BCUT2D eigenvalue weighted by Gasteiger charge is -2.12. The van der Waals surface area contributed by atoms with Crippen molar-refractivity contribution in [3.8, 4) is 0 Å². The van der Waals surface area contributed by atoms with E-state index < -0.39 is 11.6 Å². The summed E-state index contributed by atoms with van der Waals surface area (Å²) >= 11 is 5.71. The average Bonchev–Trinajstić information content (AvgIpc) is 2.26. The van der Waals surface area contributed by atoms with Crippen molar-refractivity contribution in [2.75, 3.05) is 11.5 Å². The summed E-state index contributed by atoms with van der Waals surface area (Å²) in [5.41, 5.74) is 0. The summed E-state index contributed by atoms with van der Waals surface area (Å²) < 4.78 is 26.0. The first-order valence-electron chi connectivity index (χ1n) is 5.36. The van der Waals surface area contributed by atoms with Crippen molar-refractivity contribution >= 4 is 24.4 Å². The molecule has 90 valence electrons. The number of halogens is 2. The maximum atomic E-state index is 13.3. The second-order valence-corrected chi connectivity index (χ2v) is 5.15. The lowest BCUT2D eigenvalue weighted by atomic mass is 10.1. The molecule has 0 heterocycles. The van der Waals surface area contributed by atoms with Crippen LogP contribution in [0.15, 0.2) is 23.1 Å². The van der Waals surface area contributed by atoms with Crippen LogP contribution in [0.2, 0.25) is 0 Å². The number of hydrogen-bond acceptors (Lipinski definition) is 2. The van der Waals surface area contributed by atoms with E-state index in [1.54, 1.807) is 0 Å². The summed E-state index contributed by atoms with van der Waals surface area (Å²) in [7, 11) is 0. The SMILES string of the molecule is CCCC(CS)CSc1ccc(F)cc1F. The quantitative estimate of drug-likeness (QED) is 0.585. The van der Waals surface area contributed by atoms with Gasteiger partial charge in [0.05, 0.1) is 0 Å². The van der Waals surface area contributed by atoms with Gasteiger partial charge in [-0.05, 0) is 30.2 Å². The number of benzene rings is 1. The molecule has 0 aliphatic rings. The smallest absolute Gasteiger partial charge is 0.139 e. The molecule has 4 heteroatoms. The molecule has 0 nitrogen and oxygen atoms in total. The van der Waals surface area contributed by atoms with Crippen molar-refractivity contribution in [1.29, 1.82) is 0 Å². The van der Waals surface area contributed by atoms with Gasteiger partial charge in [0.1, 0.15) is 11.6 Å². The number of rotatable bonds is 6. The van der Waals surface area contributed by atoms with Gasteiger partial charge >= 0.3 is 0 Å². The lowest BCUT2D eigenvalue weighted by Crippen LogP contribution is -2.05. The van der Waals surface area contributed by atoms with Gasteiger partial charge in [0, 0.05) is 16.7 Å². The van der Waals surface area contributed by atoms with Gasteiger partial charge in [0.2, 0.25) is 0 Å². The van der Waals surface area contributed by atoms with Crippen LogP contribution in [-0.4, -0.2) is 11.5 Å². The standard InChI is InChI=1S/C12H16F2S2/c1-2-3-9(7-15)8-16-12-5-4-10(13)6-11(12)14/h4-6,9,15H,2-3,7-8H2,1H3. The van der Waals surface area contributed by atoms with Crippen LogP contribution >= 0.6 is 24.4 Å². The molecule has 0 N–H and O–H groups in total. The molecular weight excluding hydrogens is 246 g/mol. The molecule has 0 aliphatic carbocycles. The van der Waals surface area contributed by atoms with Crippen LogP contribution in [0, 0.1) is 17.6 Å². The molecule has 0 aliphatic heterocycles. The molecule has 1 unspecified atom stereocenters. The van der Waals surface area contributed by atoms with Crippen molar-refractivity contribution in [3.63, 3.8) is 0 Å². The summed E-state index contributed by atoms with van der Waals surface area (Å²) in [5, 5.41) is 0. The van der Waals surface area contributed by atoms with Crippen molar-refractivity contribution < 1.29 is 8.78 Å². The Balaban J connectivity index is 2.53. The first-order valence-corrected chi connectivity index (χ1v) is 6.97. The van der Waals surface area contributed by atoms with Crippen LogP contribution in [-0.2, 0) is 0 Å². The molecule has 0 spiro atoms. The van der Waals surface area contributed by atoms with Crippen molar-refractivity contribution in [3.05, 3.63) is 29.8 Å². The average molecular weight is 262 g/mol. The van der Waals surface area contributed by atoms with Gasteiger partial charge in [0.15, 0.2) is 0 Å². The normalized spacial score (nSPS) is 12.8. The van der Waals surface area contributed by atoms with E-state index >= 15 is 0 Å². The predicted molar refractivity (Wildman–Crippen MR) is 69.3 cm³/mol.